The number of aliphatic hydroxyl groups excluding tert-OH is 5. The topological polar surface area (TPSA) is 298 Å². The minimum Gasteiger partial charge on any atom is -1.00 e. The number of piperidine rings is 1. The summed E-state index contributed by atoms with van der Waals surface area (Å²) in [5.41, 5.74) is 2.93. The molecule has 65 heavy (non-hydrogen) atoms. The lowest BCUT2D eigenvalue weighted by Gasteiger charge is -2.49. The van der Waals surface area contributed by atoms with E-state index >= 15 is 0 Å². The van der Waals surface area contributed by atoms with Crippen molar-refractivity contribution >= 4 is 16.4 Å². The van der Waals surface area contributed by atoms with Crippen LogP contribution in [0.25, 0.3) is 0 Å². The summed E-state index contributed by atoms with van der Waals surface area (Å²) in [5, 5.41) is 72.9. The highest BCUT2D eigenvalue weighted by atomic mass is 79.9. The SMILES string of the molecule is CC(C)(C)NC[C@H](O)c1ccc(O)c(CO)c1.CC(C)(C)NC[C@H](O)c1ccc(O)c(CO)c1.CC(C)[N+]1(C)[C@@H]2CC[C@H]1CC(OC(=O)C(CO)c1ccccc1)C2.O.O=S(=O)(O)O.[Br-]. The van der Waals surface area contributed by atoms with Crippen LogP contribution >= 0.6 is 0 Å². The van der Waals surface area contributed by atoms with Gasteiger partial charge in [-0.3, -0.25) is 13.9 Å². The summed E-state index contributed by atoms with van der Waals surface area (Å²) in [5.74, 6) is -0.759. The normalized spacial score (nSPS) is 20.4. The molecule has 0 aliphatic carbocycles. The standard InChI is InChI=1S/C20H30NO3.2C13H21NO3.BrH.H2O4S.H2O/c1-14(2)21(3)16-9-10-17(21)12-18(11-16)24-20(23)19(13-22)15-7-5-4-6-8-15;2*1-13(2,3)14-7-12(17)9-4-5-11(16)10(6-9)8-15;;1-5(2,3)4;/h4-8,14,16-19,22H,9-13H2,1-3H3;2*4-6,12,14-17H,7-8H2,1-3H3;1H;(H2,1,2,3,4);1H2/q+1;;;;;/p-1/t16-,17+,18?,19?,21?;2*12-;;;/m.00.../s1. The average molecular weight is 1010 g/mol. The molecule has 2 saturated heterocycles. The van der Waals surface area contributed by atoms with Crippen LogP contribution in [0.2, 0.25) is 0 Å². The molecule has 17 nitrogen and oxygen atoms in total. The van der Waals surface area contributed by atoms with Gasteiger partial charge in [0.05, 0.1) is 57.2 Å². The quantitative estimate of drug-likeness (QED) is 0.0647. The van der Waals surface area contributed by atoms with Crippen LogP contribution in [-0.2, 0) is 33.1 Å². The highest BCUT2D eigenvalue weighted by Crippen LogP contribution is 2.44. The molecule has 2 aliphatic rings. The van der Waals surface area contributed by atoms with Crippen LogP contribution in [0.1, 0.15) is 127 Å². The second kappa shape index (κ2) is 27.5. The molecule has 0 spiro atoms. The van der Waals surface area contributed by atoms with Gasteiger partial charge in [-0.2, -0.15) is 8.42 Å². The van der Waals surface area contributed by atoms with Gasteiger partial charge in [-0.15, -0.1) is 0 Å². The smallest absolute Gasteiger partial charge is 0.394 e. The van der Waals surface area contributed by atoms with Gasteiger partial charge in [-0.1, -0.05) is 42.5 Å². The van der Waals surface area contributed by atoms with Crippen LogP contribution < -0.4 is 27.6 Å². The van der Waals surface area contributed by atoms with E-state index in [0.29, 0.717) is 53.5 Å². The zero-order chi connectivity index (χ0) is 47.9. The van der Waals surface area contributed by atoms with Gasteiger partial charge in [0.2, 0.25) is 0 Å². The number of quaternary nitrogens is 1. The Labute approximate surface area is 395 Å². The first-order valence-corrected chi connectivity index (χ1v) is 22.7. The molecule has 2 aliphatic heterocycles. The first-order chi connectivity index (χ1) is 29.1. The number of rotatable bonds is 13. The van der Waals surface area contributed by atoms with E-state index in [1.165, 1.54) is 25.0 Å². The molecule has 0 aromatic heterocycles. The Hall–Kier alpha value is -3.28. The van der Waals surface area contributed by atoms with E-state index in [1.807, 2.05) is 71.9 Å². The summed E-state index contributed by atoms with van der Waals surface area (Å²) in [6, 6.07) is 20.7. The molecule has 2 fully saturated rings. The summed E-state index contributed by atoms with van der Waals surface area (Å²) in [6.07, 6.45) is 3.05. The van der Waals surface area contributed by atoms with Gasteiger partial charge in [0, 0.05) is 61.0 Å². The van der Waals surface area contributed by atoms with E-state index in [4.69, 9.17) is 32.5 Å². The summed E-state index contributed by atoms with van der Waals surface area (Å²) >= 11 is 0. The molecule has 0 amide bonds. The zero-order valence-electron chi connectivity index (χ0n) is 39.1. The lowest BCUT2D eigenvalue weighted by atomic mass is 9.94. The summed E-state index contributed by atoms with van der Waals surface area (Å²) in [7, 11) is -2.30. The number of esters is 1. The van der Waals surface area contributed by atoms with Crippen LogP contribution in [-0.4, -0.2) is 131 Å². The van der Waals surface area contributed by atoms with Crippen LogP contribution in [0.15, 0.2) is 66.7 Å². The van der Waals surface area contributed by atoms with E-state index in [-0.39, 0.29) is 76.9 Å². The third kappa shape index (κ3) is 21.1. The van der Waals surface area contributed by atoms with Gasteiger partial charge < -0.3 is 78.1 Å². The first-order valence-electron chi connectivity index (χ1n) is 21.3. The zero-order valence-corrected chi connectivity index (χ0v) is 41.6. The van der Waals surface area contributed by atoms with Crippen molar-refractivity contribution < 1.29 is 89.7 Å². The number of aliphatic hydroxyl groups is 5. The number of fused-ring (bicyclic) bond motifs is 2. The van der Waals surface area contributed by atoms with E-state index in [2.05, 4.69) is 31.5 Å². The number of ether oxygens (including phenoxy) is 1. The summed E-state index contributed by atoms with van der Waals surface area (Å²) < 4.78 is 38.5. The van der Waals surface area contributed by atoms with E-state index < -0.39 is 28.5 Å². The molecule has 19 heteroatoms. The van der Waals surface area contributed by atoms with Crippen molar-refractivity contribution in [3.05, 3.63) is 94.5 Å². The maximum Gasteiger partial charge on any atom is 0.394 e. The lowest BCUT2D eigenvalue weighted by molar-refractivity contribution is -0.968. The van der Waals surface area contributed by atoms with Gasteiger partial charge >= 0.3 is 16.4 Å². The number of hydrogen-bond acceptors (Lipinski definition) is 13. The van der Waals surface area contributed by atoms with Crippen molar-refractivity contribution in [1.82, 2.24) is 10.6 Å². The second-order valence-electron chi connectivity index (χ2n) is 18.7. The van der Waals surface area contributed by atoms with Crippen molar-refractivity contribution in [3.63, 3.8) is 0 Å². The number of hydrogen-bond donors (Lipinski definition) is 11. The van der Waals surface area contributed by atoms with Gasteiger partial charge in [-0.05, 0) is 96.3 Å². The largest absolute Gasteiger partial charge is 1.00 e. The summed E-state index contributed by atoms with van der Waals surface area (Å²) in [6.45, 7) is 16.9. The Balaban J connectivity index is 0.000000902. The molecular weight excluding hydrogens is 930 g/mol. The van der Waals surface area contributed by atoms with Gasteiger partial charge in [0.1, 0.15) is 23.5 Å². The van der Waals surface area contributed by atoms with E-state index in [1.54, 1.807) is 24.3 Å². The molecular formula is C46H76BrN3O14S. The first kappa shape index (κ1) is 61.7. The van der Waals surface area contributed by atoms with Gasteiger partial charge in [-0.25, -0.2) is 0 Å². The molecule has 2 bridgehead atoms. The molecule has 372 valence electrons. The van der Waals surface area contributed by atoms with Crippen LogP contribution in [0.3, 0.4) is 0 Å². The van der Waals surface area contributed by atoms with Crippen LogP contribution in [0.4, 0.5) is 0 Å². The molecule has 5 rings (SSSR count). The molecule has 0 saturated carbocycles. The minimum atomic E-state index is -4.67. The fourth-order valence-corrected chi connectivity index (χ4v) is 7.74. The Bertz CT molecular complexity index is 1870. The van der Waals surface area contributed by atoms with E-state index in [9.17, 15) is 30.3 Å². The number of nitrogens with one attached hydrogen (secondary N) is 2. The Kier molecular flexibility index (Phi) is 26.1. The van der Waals surface area contributed by atoms with E-state index in [0.717, 1.165) is 22.9 Å². The van der Waals surface area contributed by atoms with Crippen molar-refractivity contribution in [3.8, 4) is 11.5 Å². The third-order valence-corrected chi connectivity index (χ3v) is 11.5. The number of nitrogens with zero attached hydrogens (tertiary/aromatic N) is 1. The fourth-order valence-electron chi connectivity index (χ4n) is 7.74. The van der Waals surface area contributed by atoms with Gasteiger partial charge in [0.25, 0.3) is 0 Å². The third-order valence-electron chi connectivity index (χ3n) is 11.5. The van der Waals surface area contributed by atoms with Crippen LogP contribution in [0, 0.1) is 0 Å². The number of carbonyl (C=O) groups is 1. The maximum absolute atomic E-state index is 12.6. The number of carbonyl (C=O) groups excluding carboxylic acids is 1. The molecule has 0 radical (unpaired) electrons. The predicted octanol–water partition coefficient (Wildman–Crippen LogP) is 0.993. The molecule has 3 aromatic carbocycles. The minimum absolute atomic E-state index is 0. The highest BCUT2D eigenvalue weighted by molar-refractivity contribution is 7.79. The molecule has 3 unspecified atom stereocenters. The molecule has 13 N–H and O–H groups in total. The molecule has 3 aromatic rings. The van der Waals surface area contributed by atoms with Crippen LogP contribution in [0.5, 0.6) is 11.5 Å². The highest BCUT2D eigenvalue weighted by Gasteiger charge is 2.54. The second-order valence-corrected chi connectivity index (χ2v) is 19.6. The lowest BCUT2D eigenvalue weighted by Crippen LogP contribution is -3.00. The van der Waals surface area contributed by atoms with Crippen molar-refractivity contribution in [1.29, 1.82) is 0 Å². The number of aromatic hydroxyl groups is 2. The van der Waals surface area contributed by atoms with Crippen molar-refractivity contribution in [2.75, 3.05) is 26.7 Å². The average Bonchev–Trinajstić information content (AvgIpc) is 3.35. The fraction of sp³-hybridized carbons (Fsp3) is 0.587. The Morgan fingerprint density at radius 3 is 1.45 bits per heavy atom. The predicted molar refractivity (Wildman–Crippen MR) is 245 cm³/mol. The number of phenols is 2. The van der Waals surface area contributed by atoms with Crippen molar-refractivity contribution in [2.24, 2.45) is 0 Å². The number of halogens is 1. The molecule has 7 atom stereocenters. The summed E-state index contributed by atoms with van der Waals surface area (Å²) in [4.78, 5) is 12.6. The Morgan fingerprint density at radius 2 is 1.12 bits per heavy atom. The Morgan fingerprint density at radius 1 is 0.738 bits per heavy atom. The number of β-amino-alcohol motifs (C(OH)–C–C–N with tert-alkyl or cyclic N) is 2. The monoisotopic (exact) mass is 1010 g/mol. The maximum atomic E-state index is 12.6. The van der Waals surface area contributed by atoms with Gasteiger partial charge in [0.15, 0.2) is 0 Å². The molecule has 2 heterocycles. The van der Waals surface area contributed by atoms with Crippen molar-refractivity contribution in [2.45, 2.75) is 148 Å². The number of benzene rings is 3.